The Morgan fingerprint density at radius 1 is 1.29 bits per heavy atom. The van der Waals surface area contributed by atoms with Gasteiger partial charge in [-0.15, -0.1) is 0 Å². The number of nitrogens with two attached hydrogens (primary N) is 1. The second kappa shape index (κ2) is 4.69. The molecule has 78 valence electrons. The minimum absolute atomic E-state index is 0.0950. The molecule has 14 heavy (non-hydrogen) atoms. The van der Waals surface area contributed by atoms with Gasteiger partial charge >= 0.3 is 0 Å². The van der Waals surface area contributed by atoms with E-state index in [1.165, 1.54) is 0 Å². The largest absolute Gasteiger partial charge is 0.387 e. The number of hydrogen-bond acceptors (Lipinski definition) is 2. The Balaban J connectivity index is 3.16. The lowest BCUT2D eigenvalue weighted by Gasteiger charge is -2.18. The molecule has 1 aromatic rings. The van der Waals surface area contributed by atoms with Gasteiger partial charge in [0.25, 0.3) is 0 Å². The molecule has 0 bridgehead atoms. The summed E-state index contributed by atoms with van der Waals surface area (Å²) in [6.07, 6.45) is -0.804. The summed E-state index contributed by atoms with van der Waals surface area (Å²) in [4.78, 5) is 0. The van der Waals surface area contributed by atoms with Crippen LogP contribution in [0.2, 0.25) is 0 Å². The quantitative estimate of drug-likeness (QED) is 0.797. The Morgan fingerprint density at radius 3 is 2.36 bits per heavy atom. The van der Waals surface area contributed by atoms with Crippen molar-refractivity contribution >= 4 is 34.8 Å². The maximum absolute atomic E-state index is 9.57. The van der Waals surface area contributed by atoms with Gasteiger partial charge in [0.2, 0.25) is 3.79 Å². The second-order valence-corrected chi connectivity index (χ2v) is 5.12. The standard InChI is InChI=1S/C9H10Cl3NO/c10-9(11,12)7-4-2-1-3-6(7)8(14)5-13/h1-4,8,14H,5,13H2. The van der Waals surface area contributed by atoms with Gasteiger partial charge in [-0.3, -0.25) is 0 Å². The smallest absolute Gasteiger partial charge is 0.216 e. The van der Waals surface area contributed by atoms with Crippen molar-refractivity contribution in [2.75, 3.05) is 6.54 Å². The molecule has 1 aromatic carbocycles. The van der Waals surface area contributed by atoms with Crippen LogP contribution in [-0.4, -0.2) is 11.7 Å². The van der Waals surface area contributed by atoms with Crippen LogP contribution in [0.5, 0.6) is 0 Å². The molecule has 0 heterocycles. The van der Waals surface area contributed by atoms with Gasteiger partial charge < -0.3 is 10.8 Å². The summed E-state index contributed by atoms with van der Waals surface area (Å²) in [5, 5.41) is 9.57. The molecular weight excluding hydrogens is 244 g/mol. The summed E-state index contributed by atoms with van der Waals surface area (Å²) in [7, 11) is 0. The number of aliphatic hydroxyl groups is 1. The van der Waals surface area contributed by atoms with E-state index in [4.69, 9.17) is 40.5 Å². The number of aliphatic hydroxyl groups excluding tert-OH is 1. The first-order valence-electron chi connectivity index (χ1n) is 4.01. The molecule has 1 rings (SSSR count). The van der Waals surface area contributed by atoms with Gasteiger partial charge in [-0.1, -0.05) is 59.1 Å². The average Bonchev–Trinajstić information content (AvgIpc) is 2.15. The van der Waals surface area contributed by atoms with Gasteiger partial charge in [-0.25, -0.2) is 0 Å². The first-order valence-corrected chi connectivity index (χ1v) is 5.14. The summed E-state index contributed by atoms with van der Waals surface area (Å²) in [5.74, 6) is 0. The monoisotopic (exact) mass is 253 g/mol. The average molecular weight is 255 g/mol. The van der Waals surface area contributed by atoms with Gasteiger partial charge in [-0.2, -0.15) is 0 Å². The van der Waals surface area contributed by atoms with E-state index in [1.54, 1.807) is 24.3 Å². The molecule has 0 spiro atoms. The zero-order valence-corrected chi connectivity index (χ0v) is 9.52. The fourth-order valence-electron chi connectivity index (χ4n) is 1.17. The van der Waals surface area contributed by atoms with E-state index < -0.39 is 9.90 Å². The number of benzene rings is 1. The molecule has 2 nitrogen and oxygen atoms in total. The summed E-state index contributed by atoms with van der Waals surface area (Å²) in [6.45, 7) is 0.0950. The molecule has 0 fully saturated rings. The Labute approximate surface area is 97.6 Å². The third-order valence-electron chi connectivity index (χ3n) is 1.85. The molecule has 0 aliphatic carbocycles. The highest BCUT2D eigenvalue weighted by Crippen LogP contribution is 2.41. The molecule has 0 aliphatic heterocycles. The molecule has 0 radical (unpaired) electrons. The van der Waals surface area contributed by atoms with Crippen molar-refractivity contribution in [2.45, 2.75) is 9.90 Å². The van der Waals surface area contributed by atoms with Crippen molar-refractivity contribution in [2.24, 2.45) is 5.73 Å². The predicted octanol–water partition coefficient (Wildman–Crippen LogP) is 2.51. The molecule has 0 aromatic heterocycles. The maximum atomic E-state index is 9.57. The predicted molar refractivity (Wildman–Crippen MR) is 59.7 cm³/mol. The molecule has 0 aliphatic rings. The van der Waals surface area contributed by atoms with Crippen LogP contribution in [0.4, 0.5) is 0 Å². The maximum Gasteiger partial charge on any atom is 0.216 e. The van der Waals surface area contributed by atoms with Crippen LogP contribution in [0.15, 0.2) is 24.3 Å². The highest BCUT2D eigenvalue weighted by atomic mass is 35.6. The third-order valence-corrected chi connectivity index (χ3v) is 2.46. The van der Waals surface area contributed by atoms with E-state index >= 15 is 0 Å². The van der Waals surface area contributed by atoms with E-state index in [1.807, 2.05) is 0 Å². The topological polar surface area (TPSA) is 46.2 Å². The Hall–Kier alpha value is 0.01000. The number of hydrogen-bond donors (Lipinski definition) is 2. The van der Waals surface area contributed by atoms with Crippen LogP contribution in [0.1, 0.15) is 17.2 Å². The van der Waals surface area contributed by atoms with Crippen LogP contribution in [-0.2, 0) is 3.79 Å². The summed E-state index contributed by atoms with van der Waals surface area (Å²) in [6, 6.07) is 6.84. The van der Waals surface area contributed by atoms with Crippen LogP contribution in [0, 0.1) is 0 Å². The summed E-state index contributed by atoms with van der Waals surface area (Å²) < 4.78 is -1.53. The number of alkyl halides is 3. The zero-order valence-electron chi connectivity index (χ0n) is 7.25. The van der Waals surface area contributed by atoms with Crippen LogP contribution >= 0.6 is 34.8 Å². The normalized spacial score (nSPS) is 14.1. The summed E-state index contributed by atoms with van der Waals surface area (Å²) >= 11 is 17.2. The highest BCUT2D eigenvalue weighted by Gasteiger charge is 2.27. The van der Waals surface area contributed by atoms with Gasteiger partial charge in [-0.05, 0) is 5.56 Å². The van der Waals surface area contributed by atoms with Crippen molar-refractivity contribution < 1.29 is 5.11 Å². The SMILES string of the molecule is NCC(O)c1ccccc1C(Cl)(Cl)Cl. The highest BCUT2D eigenvalue weighted by molar-refractivity contribution is 6.66. The number of rotatable bonds is 2. The molecular formula is C9H10Cl3NO. The molecule has 3 N–H and O–H groups in total. The van der Waals surface area contributed by atoms with Crippen molar-refractivity contribution in [1.29, 1.82) is 0 Å². The van der Waals surface area contributed by atoms with E-state index in [9.17, 15) is 5.11 Å². The van der Waals surface area contributed by atoms with Gasteiger partial charge in [0.15, 0.2) is 0 Å². The van der Waals surface area contributed by atoms with Gasteiger partial charge in [0.1, 0.15) is 0 Å². The van der Waals surface area contributed by atoms with E-state index in [-0.39, 0.29) is 6.54 Å². The van der Waals surface area contributed by atoms with Crippen molar-refractivity contribution in [3.8, 4) is 0 Å². The van der Waals surface area contributed by atoms with Crippen LogP contribution < -0.4 is 5.73 Å². The number of halogens is 3. The van der Waals surface area contributed by atoms with Gasteiger partial charge in [0.05, 0.1) is 6.10 Å². The van der Waals surface area contributed by atoms with Crippen LogP contribution in [0.3, 0.4) is 0 Å². The fraction of sp³-hybridized carbons (Fsp3) is 0.333. The molecule has 5 heteroatoms. The lowest BCUT2D eigenvalue weighted by atomic mass is 10.0. The van der Waals surface area contributed by atoms with Crippen LogP contribution in [0.25, 0.3) is 0 Å². The molecule has 0 saturated carbocycles. The van der Waals surface area contributed by atoms with Crippen molar-refractivity contribution in [3.05, 3.63) is 35.4 Å². The first-order chi connectivity index (χ1) is 6.46. The first kappa shape index (κ1) is 12.1. The Morgan fingerprint density at radius 2 is 1.86 bits per heavy atom. The minimum atomic E-state index is -1.53. The Bertz CT molecular complexity index is 311. The summed E-state index contributed by atoms with van der Waals surface area (Å²) in [5.41, 5.74) is 6.35. The van der Waals surface area contributed by atoms with Crippen molar-refractivity contribution in [3.63, 3.8) is 0 Å². The molecule has 1 atom stereocenters. The second-order valence-electron chi connectivity index (χ2n) is 2.84. The van der Waals surface area contributed by atoms with E-state index in [0.29, 0.717) is 11.1 Å². The third kappa shape index (κ3) is 2.75. The zero-order chi connectivity index (χ0) is 10.8. The molecule has 0 saturated heterocycles. The molecule has 1 unspecified atom stereocenters. The molecule has 0 amide bonds. The van der Waals surface area contributed by atoms with Crippen molar-refractivity contribution in [1.82, 2.24) is 0 Å². The Kier molecular flexibility index (Phi) is 4.04. The van der Waals surface area contributed by atoms with Gasteiger partial charge in [0, 0.05) is 12.1 Å². The van der Waals surface area contributed by atoms with E-state index in [2.05, 4.69) is 0 Å². The van der Waals surface area contributed by atoms with E-state index in [0.717, 1.165) is 0 Å². The fourth-order valence-corrected chi connectivity index (χ4v) is 1.69. The minimum Gasteiger partial charge on any atom is -0.387 e. The lowest BCUT2D eigenvalue weighted by Crippen LogP contribution is -2.16. The lowest BCUT2D eigenvalue weighted by molar-refractivity contribution is 0.185.